The number of benzene rings is 1. The number of morpholine rings is 1. The summed E-state index contributed by atoms with van der Waals surface area (Å²) >= 11 is 0. The molecule has 1 aromatic rings. The number of nitrogens with zero attached hydrogens (tertiary/aromatic N) is 2. The Labute approximate surface area is 170 Å². The van der Waals surface area contributed by atoms with Crippen LogP contribution in [0.5, 0.6) is 0 Å². The van der Waals surface area contributed by atoms with Gasteiger partial charge in [0.2, 0.25) is 5.91 Å². The number of hydrogen-bond donors (Lipinski definition) is 1. The summed E-state index contributed by atoms with van der Waals surface area (Å²) in [5, 5.41) is 3.34. The molecule has 1 aromatic carbocycles. The van der Waals surface area contributed by atoms with Crippen molar-refractivity contribution >= 4 is 11.6 Å². The molecule has 1 N–H and O–H groups in total. The summed E-state index contributed by atoms with van der Waals surface area (Å²) in [6, 6.07) is 8.70. The van der Waals surface area contributed by atoms with E-state index in [1.165, 1.54) is 24.1 Å². The molecule has 1 saturated heterocycles. The maximum atomic E-state index is 12.9. The highest BCUT2D eigenvalue weighted by Crippen LogP contribution is 2.29. The number of para-hydroxylation sites is 1. The van der Waals surface area contributed by atoms with E-state index in [4.69, 9.17) is 4.74 Å². The maximum Gasteiger partial charge on any atom is 0.237 e. The Hall–Kier alpha value is -1.59. The molecule has 0 aromatic heterocycles. The van der Waals surface area contributed by atoms with Crippen molar-refractivity contribution in [3.05, 3.63) is 29.8 Å². The number of carbonyl (C=O) groups is 1. The number of likely N-dealkylation sites (N-methyl/N-ethyl adjacent to an activating group) is 1. The van der Waals surface area contributed by atoms with Gasteiger partial charge in [-0.05, 0) is 43.9 Å². The first-order chi connectivity index (χ1) is 13.5. The Balaban J connectivity index is 1.61. The van der Waals surface area contributed by atoms with E-state index in [2.05, 4.69) is 53.2 Å². The fourth-order valence-corrected chi connectivity index (χ4v) is 4.45. The van der Waals surface area contributed by atoms with Crippen LogP contribution in [0.15, 0.2) is 24.3 Å². The molecule has 5 heteroatoms. The molecule has 2 fully saturated rings. The molecule has 28 heavy (non-hydrogen) atoms. The first-order valence-corrected chi connectivity index (χ1v) is 10.9. The normalized spacial score (nSPS) is 26.9. The quantitative estimate of drug-likeness (QED) is 0.814. The van der Waals surface area contributed by atoms with E-state index in [0.717, 1.165) is 39.3 Å². The smallest absolute Gasteiger partial charge is 0.237 e. The Kier molecular flexibility index (Phi) is 7.36. The molecule has 3 rings (SSSR count). The van der Waals surface area contributed by atoms with Crippen LogP contribution in [0.4, 0.5) is 5.69 Å². The van der Waals surface area contributed by atoms with Gasteiger partial charge in [0.1, 0.15) is 0 Å². The summed E-state index contributed by atoms with van der Waals surface area (Å²) in [5.41, 5.74) is 2.53. The molecule has 0 radical (unpaired) electrons. The summed E-state index contributed by atoms with van der Waals surface area (Å²) in [5.74, 6) is 1.39. The van der Waals surface area contributed by atoms with Crippen LogP contribution >= 0.6 is 0 Å². The summed E-state index contributed by atoms with van der Waals surface area (Å²) in [7, 11) is 2.05. The minimum absolute atomic E-state index is 0.150. The van der Waals surface area contributed by atoms with E-state index in [1.54, 1.807) is 0 Å². The molecule has 2 aliphatic rings. The second-order valence-electron chi connectivity index (χ2n) is 8.70. The zero-order chi connectivity index (χ0) is 20.1. The predicted molar refractivity (Wildman–Crippen MR) is 115 cm³/mol. The van der Waals surface area contributed by atoms with Crippen molar-refractivity contribution in [2.75, 3.05) is 38.3 Å². The van der Waals surface area contributed by atoms with E-state index in [9.17, 15) is 4.79 Å². The van der Waals surface area contributed by atoms with Gasteiger partial charge in [-0.25, -0.2) is 0 Å². The molecule has 156 valence electrons. The summed E-state index contributed by atoms with van der Waals surface area (Å²) in [6.45, 7) is 10.8. The molecule has 1 heterocycles. The third-order valence-electron chi connectivity index (χ3n) is 6.84. The molecule has 4 unspecified atom stereocenters. The van der Waals surface area contributed by atoms with Gasteiger partial charge < -0.3 is 15.0 Å². The van der Waals surface area contributed by atoms with E-state index < -0.39 is 0 Å². The largest absolute Gasteiger partial charge is 0.378 e. The summed E-state index contributed by atoms with van der Waals surface area (Å²) < 4.78 is 5.50. The van der Waals surface area contributed by atoms with Crippen LogP contribution in [-0.2, 0) is 16.1 Å². The van der Waals surface area contributed by atoms with Crippen molar-refractivity contribution in [1.82, 2.24) is 10.2 Å². The fraction of sp³-hybridized carbons (Fsp3) is 0.696. The summed E-state index contributed by atoms with van der Waals surface area (Å²) in [4.78, 5) is 17.5. The van der Waals surface area contributed by atoms with Gasteiger partial charge in [-0.3, -0.25) is 9.69 Å². The van der Waals surface area contributed by atoms with Gasteiger partial charge >= 0.3 is 0 Å². The lowest BCUT2D eigenvalue weighted by Crippen LogP contribution is -2.50. The number of carbonyl (C=O) groups excluding carboxylic acids is 1. The zero-order valence-electron chi connectivity index (χ0n) is 18.0. The van der Waals surface area contributed by atoms with Crippen LogP contribution in [0.2, 0.25) is 0 Å². The van der Waals surface area contributed by atoms with Crippen LogP contribution in [0.25, 0.3) is 0 Å². The van der Waals surface area contributed by atoms with Crippen molar-refractivity contribution in [2.24, 2.45) is 11.8 Å². The van der Waals surface area contributed by atoms with Crippen molar-refractivity contribution in [3.63, 3.8) is 0 Å². The average Bonchev–Trinajstić information content (AvgIpc) is 2.71. The van der Waals surface area contributed by atoms with Crippen molar-refractivity contribution in [3.8, 4) is 0 Å². The molecule has 1 aliphatic heterocycles. The van der Waals surface area contributed by atoms with Crippen molar-refractivity contribution < 1.29 is 9.53 Å². The minimum Gasteiger partial charge on any atom is -0.378 e. The van der Waals surface area contributed by atoms with Crippen LogP contribution in [0, 0.1) is 11.8 Å². The van der Waals surface area contributed by atoms with Crippen LogP contribution < -0.4 is 10.2 Å². The highest BCUT2D eigenvalue weighted by atomic mass is 16.5. The monoisotopic (exact) mass is 387 g/mol. The lowest BCUT2D eigenvalue weighted by Gasteiger charge is -2.36. The van der Waals surface area contributed by atoms with Crippen LogP contribution in [-0.4, -0.2) is 56.2 Å². The highest BCUT2D eigenvalue weighted by molar-refractivity contribution is 5.81. The number of nitrogens with one attached hydrogen (secondary N) is 1. The Morgan fingerprint density at radius 1 is 1.25 bits per heavy atom. The number of rotatable bonds is 6. The van der Waals surface area contributed by atoms with Gasteiger partial charge in [-0.15, -0.1) is 0 Å². The van der Waals surface area contributed by atoms with Crippen LogP contribution in [0.1, 0.15) is 45.6 Å². The molecule has 5 nitrogen and oxygen atoms in total. The molecule has 1 amide bonds. The first-order valence-electron chi connectivity index (χ1n) is 10.9. The molecular formula is C23H37N3O2. The summed E-state index contributed by atoms with van der Waals surface area (Å²) in [6.07, 6.45) is 3.60. The van der Waals surface area contributed by atoms with Gasteiger partial charge in [-0.2, -0.15) is 0 Å². The lowest BCUT2D eigenvalue weighted by atomic mass is 9.78. The second-order valence-corrected chi connectivity index (χ2v) is 8.70. The SMILES string of the molecule is CC1CCCC(NC(=O)C(C)N(C)Cc2ccccc2N2CCOCC2)C1C. The Morgan fingerprint density at radius 3 is 2.71 bits per heavy atom. The molecule has 4 atom stereocenters. The molecule has 1 aliphatic carbocycles. The van der Waals surface area contributed by atoms with Crippen molar-refractivity contribution in [1.29, 1.82) is 0 Å². The van der Waals surface area contributed by atoms with Gasteiger partial charge in [0.05, 0.1) is 19.3 Å². The molecule has 0 spiro atoms. The molecular weight excluding hydrogens is 350 g/mol. The van der Waals surface area contributed by atoms with E-state index in [1.807, 2.05) is 14.0 Å². The number of hydrogen-bond acceptors (Lipinski definition) is 4. The maximum absolute atomic E-state index is 12.9. The lowest BCUT2D eigenvalue weighted by molar-refractivity contribution is -0.127. The Morgan fingerprint density at radius 2 is 1.96 bits per heavy atom. The van der Waals surface area contributed by atoms with Crippen molar-refractivity contribution in [2.45, 2.75) is 58.7 Å². The number of amides is 1. The molecule has 1 saturated carbocycles. The van der Waals surface area contributed by atoms with Crippen LogP contribution in [0.3, 0.4) is 0 Å². The fourth-order valence-electron chi connectivity index (χ4n) is 4.45. The Bertz CT molecular complexity index is 644. The third-order valence-corrected chi connectivity index (χ3v) is 6.84. The third kappa shape index (κ3) is 5.06. The second kappa shape index (κ2) is 9.75. The topological polar surface area (TPSA) is 44.8 Å². The average molecular weight is 388 g/mol. The van der Waals surface area contributed by atoms with Gasteiger partial charge in [0, 0.05) is 31.4 Å². The van der Waals surface area contributed by atoms with E-state index in [0.29, 0.717) is 17.9 Å². The minimum atomic E-state index is -0.151. The predicted octanol–water partition coefficient (Wildman–Crippen LogP) is 3.28. The number of anilines is 1. The number of ether oxygens (including phenoxy) is 1. The van der Waals surface area contributed by atoms with Gasteiger partial charge in [-0.1, -0.05) is 44.9 Å². The van der Waals surface area contributed by atoms with E-state index in [-0.39, 0.29) is 11.9 Å². The highest BCUT2D eigenvalue weighted by Gasteiger charge is 2.30. The van der Waals surface area contributed by atoms with Gasteiger partial charge in [0.15, 0.2) is 0 Å². The van der Waals surface area contributed by atoms with Gasteiger partial charge in [0.25, 0.3) is 0 Å². The van der Waals surface area contributed by atoms with E-state index >= 15 is 0 Å². The first kappa shape index (κ1) is 21.1. The standard InChI is InChI=1S/C23H37N3O2/c1-17-8-7-10-21(18(17)2)24-23(27)19(3)25(4)16-20-9-5-6-11-22(20)26-12-14-28-15-13-26/h5-6,9,11,17-19,21H,7-8,10,12-16H2,1-4H3,(H,24,27). The molecule has 0 bridgehead atoms. The zero-order valence-corrected chi connectivity index (χ0v) is 18.0.